The molecule has 17 heavy (non-hydrogen) atoms. The van der Waals surface area contributed by atoms with Gasteiger partial charge in [0.2, 0.25) is 5.76 Å². The summed E-state index contributed by atoms with van der Waals surface area (Å²) in [6.07, 6.45) is 3.66. The quantitative estimate of drug-likeness (QED) is 0.793. The molecule has 0 aromatic carbocycles. The van der Waals surface area contributed by atoms with Crippen LogP contribution in [0.1, 0.15) is 55.8 Å². The predicted octanol–water partition coefficient (Wildman–Crippen LogP) is 2.67. The number of amides is 1. The summed E-state index contributed by atoms with van der Waals surface area (Å²) < 4.78 is 5.27. The van der Waals surface area contributed by atoms with Crippen LogP contribution < -0.4 is 0 Å². The zero-order valence-corrected chi connectivity index (χ0v) is 10.8. The van der Waals surface area contributed by atoms with Gasteiger partial charge < -0.3 is 9.32 Å². The van der Waals surface area contributed by atoms with Gasteiger partial charge in [0, 0.05) is 13.1 Å². The second-order valence-electron chi connectivity index (χ2n) is 5.22. The van der Waals surface area contributed by atoms with Crippen molar-refractivity contribution in [2.45, 2.75) is 39.5 Å². The number of hydrogen-bond donors (Lipinski definition) is 0. The first-order valence-electron chi connectivity index (χ1n) is 6.32. The van der Waals surface area contributed by atoms with Crippen LogP contribution >= 0.6 is 0 Å². The molecule has 0 N–H and O–H groups in total. The summed E-state index contributed by atoms with van der Waals surface area (Å²) in [6, 6.07) is 0. The summed E-state index contributed by atoms with van der Waals surface area (Å²) in [6.45, 7) is 7.89. The van der Waals surface area contributed by atoms with Gasteiger partial charge in [0.05, 0.1) is 5.69 Å². The zero-order chi connectivity index (χ0) is 12.4. The minimum Gasteiger partial charge on any atom is -0.438 e. The number of piperidine rings is 1. The highest BCUT2D eigenvalue weighted by atomic mass is 16.3. The van der Waals surface area contributed by atoms with E-state index in [0.29, 0.717) is 11.7 Å². The van der Waals surface area contributed by atoms with Gasteiger partial charge in [0.15, 0.2) is 6.39 Å². The van der Waals surface area contributed by atoms with E-state index in [2.05, 4.69) is 11.9 Å². The molecule has 0 bridgehead atoms. The molecule has 1 atom stereocenters. The van der Waals surface area contributed by atoms with Gasteiger partial charge in [0.25, 0.3) is 5.91 Å². The van der Waals surface area contributed by atoms with Gasteiger partial charge in [-0.05, 0) is 24.7 Å². The van der Waals surface area contributed by atoms with Crippen LogP contribution in [0.4, 0.5) is 0 Å². The fourth-order valence-electron chi connectivity index (χ4n) is 2.34. The first-order valence-corrected chi connectivity index (χ1v) is 6.32. The van der Waals surface area contributed by atoms with E-state index in [-0.39, 0.29) is 11.8 Å². The Kier molecular flexibility index (Phi) is 3.50. The van der Waals surface area contributed by atoms with Gasteiger partial charge in [-0.25, -0.2) is 4.98 Å². The van der Waals surface area contributed by atoms with Gasteiger partial charge in [-0.2, -0.15) is 0 Å². The minimum absolute atomic E-state index is 0.00208. The molecule has 0 spiro atoms. The van der Waals surface area contributed by atoms with Crippen LogP contribution in [-0.2, 0) is 0 Å². The van der Waals surface area contributed by atoms with E-state index in [9.17, 15) is 4.79 Å². The molecular formula is C13H20N2O2. The number of rotatable bonds is 2. The predicted molar refractivity (Wildman–Crippen MR) is 64.9 cm³/mol. The summed E-state index contributed by atoms with van der Waals surface area (Å²) in [4.78, 5) is 18.3. The fraction of sp³-hybridized carbons (Fsp3) is 0.692. The van der Waals surface area contributed by atoms with Crippen molar-refractivity contribution in [3.8, 4) is 0 Å². The second kappa shape index (κ2) is 4.90. The average molecular weight is 236 g/mol. The van der Waals surface area contributed by atoms with E-state index in [4.69, 9.17) is 4.42 Å². The number of likely N-dealkylation sites (tertiary alicyclic amines) is 1. The maximum absolute atomic E-state index is 12.3. The molecule has 4 heteroatoms. The van der Waals surface area contributed by atoms with E-state index >= 15 is 0 Å². The van der Waals surface area contributed by atoms with Crippen LogP contribution in [-0.4, -0.2) is 28.9 Å². The molecule has 1 aromatic heterocycles. The SMILES string of the molecule is CC1CCCN(C(=O)c2ocnc2C(C)C)C1. The third kappa shape index (κ3) is 2.51. The average Bonchev–Trinajstić information content (AvgIpc) is 2.77. The largest absolute Gasteiger partial charge is 0.438 e. The Balaban J connectivity index is 2.16. The van der Waals surface area contributed by atoms with Crippen LogP contribution in [0, 0.1) is 5.92 Å². The fourth-order valence-corrected chi connectivity index (χ4v) is 2.34. The summed E-state index contributed by atoms with van der Waals surface area (Å²) >= 11 is 0. The first kappa shape index (κ1) is 12.1. The molecular weight excluding hydrogens is 216 g/mol. The Labute approximate surface area is 102 Å². The highest BCUT2D eigenvalue weighted by molar-refractivity contribution is 5.92. The lowest BCUT2D eigenvalue weighted by Crippen LogP contribution is -2.39. The molecule has 1 aromatic rings. The molecule has 0 radical (unpaired) electrons. The molecule has 1 aliphatic heterocycles. The highest BCUT2D eigenvalue weighted by Crippen LogP contribution is 2.22. The van der Waals surface area contributed by atoms with Crippen molar-refractivity contribution in [1.29, 1.82) is 0 Å². The lowest BCUT2D eigenvalue weighted by Gasteiger charge is -2.30. The lowest BCUT2D eigenvalue weighted by atomic mass is 9.99. The van der Waals surface area contributed by atoms with Crippen LogP contribution in [0.2, 0.25) is 0 Å². The molecule has 2 rings (SSSR count). The van der Waals surface area contributed by atoms with Gasteiger partial charge in [-0.1, -0.05) is 20.8 Å². The van der Waals surface area contributed by atoms with Gasteiger partial charge in [-0.3, -0.25) is 4.79 Å². The molecule has 1 saturated heterocycles. The molecule has 1 amide bonds. The maximum atomic E-state index is 12.3. The molecule has 1 aliphatic rings. The first-order chi connectivity index (χ1) is 8.09. The van der Waals surface area contributed by atoms with Crippen molar-refractivity contribution in [3.63, 3.8) is 0 Å². The van der Waals surface area contributed by atoms with Crippen molar-refractivity contribution in [2.24, 2.45) is 5.92 Å². The third-order valence-corrected chi connectivity index (χ3v) is 3.28. The van der Waals surface area contributed by atoms with Crippen LogP contribution in [0.3, 0.4) is 0 Å². The molecule has 0 saturated carbocycles. The monoisotopic (exact) mass is 236 g/mol. The Bertz CT molecular complexity index is 398. The molecule has 0 aliphatic carbocycles. The Hall–Kier alpha value is -1.32. The number of nitrogens with zero attached hydrogens (tertiary/aromatic N) is 2. The highest BCUT2D eigenvalue weighted by Gasteiger charge is 2.27. The smallest absolute Gasteiger partial charge is 0.291 e. The molecule has 2 heterocycles. The van der Waals surface area contributed by atoms with Gasteiger partial charge in [0.1, 0.15) is 0 Å². The number of oxazole rings is 1. The zero-order valence-electron chi connectivity index (χ0n) is 10.8. The van der Waals surface area contributed by atoms with Gasteiger partial charge >= 0.3 is 0 Å². The van der Waals surface area contributed by atoms with Crippen LogP contribution in [0.15, 0.2) is 10.8 Å². The summed E-state index contributed by atoms with van der Waals surface area (Å²) in [5.74, 6) is 1.22. The number of aromatic nitrogens is 1. The summed E-state index contributed by atoms with van der Waals surface area (Å²) in [5.41, 5.74) is 0.772. The van der Waals surface area contributed by atoms with Crippen molar-refractivity contribution >= 4 is 5.91 Å². The third-order valence-electron chi connectivity index (χ3n) is 3.28. The molecule has 1 unspecified atom stereocenters. The van der Waals surface area contributed by atoms with Crippen molar-refractivity contribution in [1.82, 2.24) is 9.88 Å². The lowest BCUT2D eigenvalue weighted by molar-refractivity contribution is 0.0649. The number of hydrogen-bond acceptors (Lipinski definition) is 3. The van der Waals surface area contributed by atoms with Crippen molar-refractivity contribution in [3.05, 3.63) is 17.8 Å². The van der Waals surface area contributed by atoms with Gasteiger partial charge in [-0.15, -0.1) is 0 Å². The Morgan fingerprint density at radius 2 is 2.35 bits per heavy atom. The number of carbonyl (C=O) groups excluding carboxylic acids is 1. The Morgan fingerprint density at radius 3 is 3.00 bits per heavy atom. The van der Waals surface area contributed by atoms with Crippen LogP contribution in [0.25, 0.3) is 0 Å². The molecule has 4 nitrogen and oxygen atoms in total. The van der Waals surface area contributed by atoms with Crippen LogP contribution in [0.5, 0.6) is 0 Å². The molecule has 1 fully saturated rings. The summed E-state index contributed by atoms with van der Waals surface area (Å²) in [5, 5.41) is 0. The van der Waals surface area contributed by atoms with E-state index < -0.39 is 0 Å². The maximum Gasteiger partial charge on any atom is 0.291 e. The minimum atomic E-state index is -0.00208. The van der Waals surface area contributed by atoms with E-state index in [1.165, 1.54) is 12.8 Å². The second-order valence-corrected chi connectivity index (χ2v) is 5.22. The molecule has 94 valence electrons. The standard InChI is InChI=1S/C13H20N2O2/c1-9(2)11-12(17-8-14-11)13(16)15-6-4-5-10(3)7-15/h8-10H,4-7H2,1-3H3. The normalized spacial score (nSPS) is 20.9. The summed E-state index contributed by atoms with van der Waals surface area (Å²) in [7, 11) is 0. The van der Waals surface area contributed by atoms with E-state index in [0.717, 1.165) is 25.2 Å². The Morgan fingerprint density at radius 1 is 1.59 bits per heavy atom. The topological polar surface area (TPSA) is 46.3 Å². The van der Waals surface area contributed by atoms with Crippen molar-refractivity contribution < 1.29 is 9.21 Å². The van der Waals surface area contributed by atoms with Crippen molar-refractivity contribution in [2.75, 3.05) is 13.1 Å². The number of carbonyl (C=O) groups is 1. The van der Waals surface area contributed by atoms with E-state index in [1.54, 1.807) is 0 Å². The van der Waals surface area contributed by atoms with E-state index in [1.807, 2.05) is 18.7 Å².